The summed E-state index contributed by atoms with van der Waals surface area (Å²) in [5, 5.41) is 9.68. The van der Waals surface area contributed by atoms with Crippen molar-refractivity contribution in [1.29, 1.82) is 0 Å². The van der Waals surface area contributed by atoms with E-state index in [1.54, 1.807) is 13.3 Å². The van der Waals surface area contributed by atoms with Gasteiger partial charge >= 0.3 is 0 Å². The van der Waals surface area contributed by atoms with E-state index in [-0.39, 0.29) is 6.10 Å². The van der Waals surface area contributed by atoms with Crippen molar-refractivity contribution in [3.63, 3.8) is 0 Å². The molecule has 3 heterocycles. The van der Waals surface area contributed by atoms with Crippen LogP contribution in [-0.2, 0) is 4.74 Å². The SMILES string of the molecule is COCC1CC(CN(C)c2nccc(N3CCC(O)C3)n2)NN1. The van der Waals surface area contributed by atoms with Gasteiger partial charge in [0.15, 0.2) is 0 Å². The molecule has 3 atom stereocenters. The lowest BCUT2D eigenvalue weighted by molar-refractivity contribution is 0.171. The lowest BCUT2D eigenvalue weighted by Crippen LogP contribution is -2.40. The van der Waals surface area contributed by atoms with E-state index in [1.807, 2.05) is 13.1 Å². The maximum atomic E-state index is 9.68. The highest BCUT2D eigenvalue weighted by Crippen LogP contribution is 2.20. The molecule has 2 fully saturated rings. The van der Waals surface area contributed by atoms with E-state index < -0.39 is 0 Å². The van der Waals surface area contributed by atoms with E-state index in [4.69, 9.17) is 4.74 Å². The first-order chi connectivity index (χ1) is 11.2. The highest BCUT2D eigenvalue weighted by Gasteiger charge is 2.26. The Balaban J connectivity index is 1.58. The van der Waals surface area contributed by atoms with Crippen LogP contribution in [0.4, 0.5) is 11.8 Å². The van der Waals surface area contributed by atoms with Gasteiger partial charge in [-0.05, 0) is 18.9 Å². The second kappa shape index (κ2) is 7.39. The zero-order valence-electron chi connectivity index (χ0n) is 13.8. The summed E-state index contributed by atoms with van der Waals surface area (Å²) >= 11 is 0. The predicted molar refractivity (Wildman–Crippen MR) is 88.5 cm³/mol. The Hall–Kier alpha value is -1.48. The number of anilines is 2. The number of likely N-dealkylation sites (N-methyl/N-ethyl adjacent to an activating group) is 1. The largest absolute Gasteiger partial charge is 0.391 e. The van der Waals surface area contributed by atoms with Gasteiger partial charge in [-0.15, -0.1) is 0 Å². The van der Waals surface area contributed by atoms with E-state index in [1.165, 1.54) is 0 Å². The number of ether oxygens (including phenoxy) is 1. The summed E-state index contributed by atoms with van der Waals surface area (Å²) in [7, 11) is 3.72. The number of rotatable bonds is 6. The Labute approximate surface area is 136 Å². The number of hydrogen-bond acceptors (Lipinski definition) is 8. The lowest BCUT2D eigenvalue weighted by Gasteiger charge is -2.23. The second-order valence-electron chi connectivity index (χ2n) is 6.36. The first-order valence-corrected chi connectivity index (χ1v) is 8.13. The van der Waals surface area contributed by atoms with Crippen molar-refractivity contribution in [2.24, 2.45) is 0 Å². The number of nitrogens with zero attached hydrogens (tertiary/aromatic N) is 4. The van der Waals surface area contributed by atoms with Gasteiger partial charge in [0, 0.05) is 52.1 Å². The number of aliphatic hydroxyl groups excluding tert-OH is 1. The van der Waals surface area contributed by atoms with Gasteiger partial charge in [0.25, 0.3) is 0 Å². The van der Waals surface area contributed by atoms with Crippen molar-refractivity contribution >= 4 is 11.8 Å². The molecule has 8 heteroatoms. The third kappa shape index (κ3) is 4.08. The third-order valence-electron chi connectivity index (χ3n) is 4.38. The third-order valence-corrected chi connectivity index (χ3v) is 4.38. The number of β-amino-alcohol motifs (C(OH)–C–C–N with tert-alkyl or cyclic N) is 1. The van der Waals surface area contributed by atoms with Gasteiger partial charge in [-0.1, -0.05) is 0 Å². The number of nitrogens with one attached hydrogen (secondary N) is 2. The smallest absolute Gasteiger partial charge is 0.227 e. The van der Waals surface area contributed by atoms with Crippen molar-refractivity contribution in [2.45, 2.75) is 31.0 Å². The highest BCUT2D eigenvalue weighted by molar-refractivity contribution is 5.44. The molecule has 0 amide bonds. The molecule has 1 aromatic heterocycles. The van der Waals surface area contributed by atoms with Gasteiger partial charge < -0.3 is 19.6 Å². The topological polar surface area (TPSA) is 85.8 Å². The minimum Gasteiger partial charge on any atom is -0.391 e. The Kier molecular flexibility index (Phi) is 5.27. The lowest BCUT2D eigenvalue weighted by atomic mass is 10.1. The molecule has 0 saturated carbocycles. The van der Waals surface area contributed by atoms with Crippen molar-refractivity contribution < 1.29 is 9.84 Å². The molecule has 8 nitrogen and oxygen atoms in total. The van der Waals surface area contributed by atoms with Crippen LogP contribution in [-0.4, -0.2) is 73.7 Å². The first kappa shape index (κ1) is 16.4. The van der Waals surface area contributed by atoms with Gasteiger partial charge in [0.2, 0.25) is 5.95 Å². The molecule has 2 aliphatic heterocycles. The van der Waals surface area contributed by atoms with Gasteiger partial charge in [0.1, 0.15) is 5.82 Å². The van der Waals surface area contributed by atoms with Crippen molar-refractivity contribution in [3.05, 3.63) is 12.3 Å². The van der Waals surface area contributed by atoms with E-state index in [0.717, 1.165) is 31.7 Å². The van der Waals surface area contributed by atoms with Crippen LogP contribution in [0.3, 0.4) is 0 Å². The van der Waals surface area contributed by atoms with E-state index in [9.17, 15) is 5.11 Å². The molecule has 23 heavy (non-hydrogen) atoms. The summed E-state index contributed by atoms with van der Waals surface area (Å²) in [5.41, 5.74) is 6.54. The molecule has 0 aliphatic carbocycles. The summed E-state index contributed by atoms with van der Waals surface area (Å²) < 4.78 is 5.18. The van der Waals surface area contributed by atoms with Crippen LogP contribution in [0.5, 0.6) is 0 Å². The first-order valence-electron chi connectivity index (χ1n) is 8.13. The quantitative estimate of drug-likeness (QED) is 0.638. The van der Waals surface area contributed by atoms with Crippen LogP contribution in [0.25, 0.3) is 0 Å². The van der Waals surface area contributed by atoms with Crippen LogP contribution in [0.2, 0.25) is 0 Å². The van der Waals surface area contributed by atoms with Gasteiger partial charge in [-0.2, -0.15) is 4.98 Å². The molecular formula is C15H26N6O2. The second-order valence-corrected chi connectivity index (χ2v) is 6.36. The van der Waals surface area contributed by atoms with Crippen molar-refractivity contribution in [1.82, 2.24) is 20.8 Å². The molecule has 0 aromatic carbocycles. The maximum Gasteiger partial charge on any atom is 0.227 e. The molecule has 0 spiro atoms. The fourth-order valence-electron chi connectivity index (χ4n) is 3.19. The Bertz CT molecular complexity index is 516. The molecule has 2 saturated heterocycles. The van der Waals surface area contributed by atoms with Crippen LogP contribution in [0.1, 0.15) is 12.8 Å². The monoisotopic (exact) mass is 322 g/mol. The predicted octanol–water partition coefficient (Wildman–Crippen LogP) is -0.635. The highest BCUT2D eigenvalue weighted by atomic mass is 16.5. The standard InChI is InChI=1S/C15H26N6O2/c1-20(8-11-7-12(10-23-2)19-18-11)15-16-5-3-14(17-15)21-6-4-13(22)9-21/h3,5,11-13,18-19,22H,4,6-10H2,1-2H3. The van der Waals surface area contributed by atoms with Gasteiger partial charge in [-0.3, -0.25) is 10.9 Å². The summed E-state index contributed by atoms with van der Waals surface area (Å²) in [4.78, 5) is 13.2. The van der Waals surface area contributed by atoms with Crippen molar-refractivity contribution in [2.75, 3.05) is 50.2 Å². The molecule has 3 rings (SSSR count). The summed E-state index contributed by atoms with van der Waals surface area (Å²) in [6.07, 6.45) is 3.34. The summed E-state index contributed by atoms with van der Waals surface area (Å²) in [6.45, 7) is 3.01. The van der Waals surface area contributed by atoms with Gasteiger partial charge in [-0.25, -0.2) is 4.98 Å². The fourth-order valence-corrected chi connectivity index (χ4v) is 3.19. The number of hydrazine groups is 1. The van der Waals surface area contributed by atoms with Crippen LogP contribution < -0.4 is 20.7 Å². The molecule has 0 bridgehead atoms. The van der Waals surface area contributed by atoms with Gasteiger partial charge in [0.05, 0.1) is 12.7 Å². The maximum absolute atomic E-state index is 9.68. The average molecular weight is 322 g/mol. The fraction of sp³-hybridized carbons (Fsp3) is 0.733. The minimum absolute atomic E-state index is 0.252. The van der Waals surface area contributed by atoms with E-state index >= 15 is 0 Å². The number of aliphatic hydroxyl groups is 1. The van der Waals surface area contributed by atoms with Crippen LogP contribution in [0, 0.1) is 0 Å². The Morgan fingerprint density at radius 3 is 3.00 bits per heavy atom. The average Bonchev–Trinajstić information content (AvgIpc) is 3.17. The zero-order chi connectivity index (χ0) is 16.2. The summed E-state index contributed by atoms with van der Waals surface area (Å²) in [6, 6.07) is 2.58. The van der Waals surface area contributed by atoms with E-state index in [2.05, 4.69) is 30.6 Å². The number of hydrogen-bond donors (Lipinski definition) is 3. The zero-order valence-corrected chi connectivity index (χ0v) is 13.8. The molecule has 3 unspecified atom stereocenters. The van der Waals surface area contributed by atoms with Crippen LogP contribution in [0.15, 0.2) is 12.3 Å². The molecule has 3 N–H and O–H groups in total. The molecule has 1 aromatic rings. The Morgan fingerprint density at radius 2 is 2.26 bits per heavy atom. The molecule has 0 radical (unpaired) electrons. The van der Waals surface area contributed by atoms with Crippen LogP contribution >= 0.6 is 0 Å². The normalized spacial score (nSPS) is 27.6. The Morgan fingerprint density at radius 1 is 1.43 bits per heavy atom. The molecule has 128 valence electrons. The molecular weight excluding hydrogens is 296 g/mol. The number of aromatic nitrogens is 2. The number of methoxy groups -OCH3 is 1. The molecule has 2 aliphatic rings. The summed E-state index contributed by atoms with van der Waals surface area (Å²) in [5.74, 6) is 1.59. The van der Waals surface area contributed by atoms with Crippen molar-refractivity contribution in [3.8, 4) is 0 Å². The van der Waals surface area contributed by atoms with E-state index in [0.29, 0.717) is 31.2 Å². The minimum atomic E-state index is -0.252.